The Morgan fingerprint density at radius 3 is 2.90 bits per heavy atom. The molecule has 1 heterocycles. The first-order chi connectivity index (χ1) is 9.11. The maximum absolute atomic E-state index is 10.7. The van der Waals surface area contributed by atoms with Crippen LogP contribution in [0.3, 0.4) is 0 Å². The van der Waals surface area contributed by atoms with Crippen molar-refractivity contribution in [1.82, 2.24) is 10.2 Å². The van der Waals surface area contributed by atoms with Gasteiger partial charge in [0, 0.05) is 25.2 Å². The predicted molar refractivity (Wildman–Crippen MR) is 82.7 cm³/mol. The molecule has 0 bridgehead atoms. The van der Waals surface area contributed by atoms with Gasteiger partial charge in [0.25, 0.3) is 5.69 Å². The molecule has 0 radical (unpaired) electrons. The Bertz CT molecular complexity index is 471. The molecule has 5 nitrogen and oxygen atoms in total. The monoisotopic (exact) mass is 319 g/mol. The molecule has 1 aliphatic heterocycles. The highest BCUT2D eigenvalue weighted by atomic mass is 35.5. The zero-order chi connectivity index (χ0) is 13.8. The Morgan fingerprint density at radius 1 is 1.55 bits per heavy atom. The number of rotatable bonds is 5. The summed E-state index contributed by atoms with van der Waals surface area (Å²) in [5.74, 6) is 0. The zero-order valence-corrected chi connectivity index (χ0v) is 12.9. The van der Waals surface area contributed by atoms with Gasteiger partial charge in [0.1, 0.15) is 5.02 Å². The van der Waals surface area contributed by atoms with Gasteiger partial charge in [0.15, 0.2) is 0 Å². The van der Waals surface area contributed by atoms with Crippen molar-refractivity contribution in [3.8, 4) is 0 Å². The summed E-state index contributed by atoms with van der Waals surface area (Å²) in [5, 5.41) is 14.1. The Kier molecular flexibility index (Phi) is 6.68. The summed E-state index contributed by atoms with van der Waals surface area (Å²) in [6, 6.07) is 5.52. The van der Waals surface area contributed by atoms with Gasteiger partial charge >= 0.3 is 0 Å². The van der Waals surface area contributed by atoms with E-state index >= 15 is 0 Å². The largest absolute Gasteiger partial charge is 0.318 e. The van der Waals surface area contributed by atoms with E-state index < -0.39 is 4.92 Å². The van der Waals surface area contributed by atoms with Crippen LogP contribution in [0.15, 0.2) is 18.2 Å². The van der Waals surface area contributed by atoms with E-state index in [1.165, 1.54) is 18.9 Å². The number of benzene rings is 1. The summed E-state index contributed by atoms with van der Waals surface area (Å²) < 4.78 is 0. The molecule has 0 saturated carbocycles. The number of nitrogens with zero attached hydrogens (tertiary/aromatic N) is 2. The molecule has 112 valence electrons. The number of nitro groups is 1. The second kappa shape index (κ2) is 7.78. The van der Waals surface area contributed by atoms with Crippen molar-refractivity contribution in [2.45, 2.75) is 25.4 Å². The number of hydrogen-bond acceptors (Lipinski definition) is 4. The van der Waals surface area contributed by atoms with Crippen molar-refractivity contribution >= 4 is 29.7 Å². The molecular weight excluding hydrogens is 301 g/mol. The molecule has 1 fully saturated rings. The summed E-state index contributed by atoms with van der Waals surface area (Å²) >= 11 is 5.93. The van der Waals surface area contributed by atoms with E-state index in [2.05, 4.69) is 10.2 Å². The standard InChI is InChI=1S/C13H18ClN3O2.ClH/c1-15-8-11-3-2-6-16(11)9-10-4-5-13(17(18)19)12(14)7-10;/h4-5,7,11,15H,2-3,6,8-9H2,1H3;1H. The van der Waals surface area contributed by atoms with Crippen molar-refractivity contribution in [3.63, 3.8) is 0 Å². The SMILES string of the molecule is CNCC1CCCN1Cc1ccc([N+](=O)[O-])c(Cl)c1.Cl. The Hall–Kier alpha value is -0.880. The van der Waals surface area contributed by atoms with Crippen LogP contribution in [0.2, 0.25) is 5.02 Å². The maximum Gasteiger partial charge on any atom is 0.287 e. The van der Waals surface area contributed by atoms with E-state index in [-0.39, 0.29) is 23.1 Å². The van der Waals surface area contributed by atoms with Crippen LogP contribution >= 0.6 is 24.0 Å². The van der Waals surface area contributed by atoms with Crippen LogP contribution in [-0.2, 0) is 6.54 Å². The van der Waals surface area contributed by atoms with Crippen molar-refractivity contribution in [2.24, 2.45) is 0 Å². The normalized spacial score (nSPS) is 18.8. The topological polar surface area (TPSA) is 58.4 Å². The molecule has 0 aliphatic carbocycles. The zero-order valence-electron chi connectivity index (χ0n) is 11.3. The molecule has 2 rings (SSSR count). The van der Waals surface area contributed by atoms with E-state index in [0.29, 0.717) is 6.04 Å². The van der Waals surface area contributed by atoms with Crippen LogP contribution in [-0.4, -0.2) is 36.0 Å². The van der Waals surface area contributed by atoms with Crippen LogP contribution < -0.4 is 5.32 Å². The highest BCUT2D eigenvalue weighted by molar-refractivity contribution is 6.32. The minimum absolute atomic E-state index is 0. The quantitative estimate of drug-likeness (QED) is 0.669. The van der Waals surface area contributed by atoms with Gasteiger partial charge in [-0.05, 0) is 38.1 Å². The fourth-order valence-electron chi connectivity index (χ4n) is 2.60. The van der Waals surface area contributed by atoms with Crippen LogP contribution in [0.25, 0.3) is 0 Å². The lowest BCUT2D eigenvalue weighted by molar-refractivity contribution is -0.384. The molecule has 7 heteroatoms. The van der Waals surface area contributed by atoms with Crippen molar-refractivity contribution < 1.29 is 4.92 Å². The smallest absolute Gasteiger partial charge is 0.287 e. The lowest BCUT2D eigenvalue weighted by atomic mass is 10.1. The second-order valence-corrected chi connectivity index (χ2v) is 5.27. The average molecular weight is 320 g/mol. The lowest BCUT2D eigenvalue weighted by Crippen LogP contribution is -2.36. The first-order valence-electron chi connectivity index (χ1n) is 6.43. The number of halogens is 2. The molecule has 1 saturated heterocycles. The lowest BCUT2D eigenvalue weighted by Gasteiger charge is -2.24. The fourth-order valence-corrected chi connectivity index (χ4v) is 2.87. The van der Waals surface area contributed by atoms with Crippen LogP contribution in [0.5, 0.6) is 0 Å². The van der Waals surface area contributed by atoms with E-state index in [4.69, 9.17) is 11.6 Å². The minimum Gasteiger partial charge on any atom is -0.318 e. The third-order valence-corrected chi connectivity index (χ3v) is 3.84. The summed E-state index contributed by atoms with van der Waals surface area (Å²) in [6.07, 6.45) is 2.40. The molecule has 20 heavy (non-hydrogen) atoms. The Morgan fingerprint density at radius 2 is 2.30 bits per heavy atom. The second-order valence-electron chi connectivity index (χ2n) is 4.87. The number of nitro benzene ring substituents is 1. The van der Waals surface area contributed by atoms with Crippen molar-refractivity contribution in [2.75, 3.05) is 20.1 Å². The van der Waals surface area contributed by atoms with Gasteiger partial charge in [-0.25, -0.2) is 0 Å². The molecule has 1 aliphatic rings. The summed E-state index contributed by atoms with van der Waals surface area (Å²) in [7, 11) is 1.96. The maximum atomic E-state index is 10.7. The van der Waals surface area contributed by atoms with Crippen molar-refractivity contribution in [1.29, 1.82) is 0 Å². The van der Waals surface area contributed by atoms with E-state index in [1.54, 1.807) is 12.1 Å². The molecule has 0 amide bonds. The molecule has 1 unspecified atom stereocenters. The highest BCUT2D eigenvalue weighted by Gasteiger charge is 2.24. The van der Waals surface area contributed by atoms with Gasteiger partial charge in [-0.2, -0.15) is 0 Å². The van der Waals surface area contributed by atoms with Gasteiger partial charge in [-0.3, -0.25) is 15.0 Å². The average Bonchev–Trinajstić information content (AvgIpc) is 2.77. The molecule has 0 spiro atoms. The van der Waals surface area contributed by atoms with Crippen LogP contribution in [0, 0.1) is 10.1 Å². The summed E-state index contributed by atoms with van der Waals surface area (Å²) in [6.45, 7) is 2.84. The minimum atomic E-state index is -0.453. The molecule has 1 aromatic carbocycles. The first kappa shape index (κ1) is 17.2. The predicted octanol–water partition coefficient (Wildman–Crippen LogP) is 2.85. The number of likely N-dealkylation sites (N-methyl/N-ethyl adjacent to an activating group) is 1. The van der Waals surface area contributed by atoms with Gasteiger partial charge in [-0.1, -0.05) is 17.7 Å². The van der Waals surface area contributed by atoms with Crippen LogP contribution in [0.4, 0.5) is 5.69 Å². The van der Waals surface area contributed by atoms with Crippen LogP contribution in [0.1, 0.15) is 18.4 Å². The fraction of sp³-hybridized carbons (Fsp3) is 0.538. The van der Waals surface area contributed by atoms with Gasteiger partial charge < -0.3 is 5.32 Å². The van der Waals surface area contributed by atoms with E-state index in [0.717, 1.165) is 25.2 Å². The number of hydrogen-bond donors (Lipinski definition) is 1. The summed E-state index contributed by atoms with van der Waals surface area (Å²) in [4.78, 5) is 12.7. The highest BCUT2D eigenvalue weighted by Crippen LogP contribution is 2.27. The van der Waals surface area contributed by atoms with Crippen molar-refractivity contribution in [3.05, 3.63) is 38.9 Å². The third kappa shape index (κ3) is 4.06. The van der Waals surface area contributed by atoms with E-state index in [9.17, 15) is 10.1 Å². The third-order valence-electron chi connectivity index (χ3n) is 3.53. The summed E-state index contributed by atoms with van der Waals surface area (Å²) in [5.41, 5.74) is 0.997. The molecular formula is C13H19Cl2N3O2. The molecule has 1 atom stereocenters. The Labute approximate surface area is 129 Å². The van der Waals surface area contributed by atoms with E-state index in [1.807, 2.05) is 7.05 Å². The number of likely N-dealkylation sites (tertiary alicyclic amines) is 1. The Balaban J connectivity index is 0.00000200. The molecule has 0 aromatic heterocycles. The first-order valence-corrected chi connectivity index (χ1v) is 6.81. The van der Waals surface area contributed by atoms with Gasteiger partial charge in [-0.15, -0.1) is 12.4 Å². The van der Waals surface area contributed by atoms with Gasteiger partial charge in [0.2, 0.25) is 0 Å². The van der Waals surface area contributed by atoms with Gasteiger partial charge in [0.05, 0.1) is 4.92 Å². The molecule has 1 N–H and O–H groups in total. The molecule has 1 aromatic rings. The number of nitrogens with one attached hydrogen (secondary N) is 1.